The summed E-state index contributed by atoms with van der Waals surface area (Å²) in [7, 11) is 1.62. The van der Waals surface area contributed by atoms with E-state index in [-0.39, 0.29) is 25.1 Å². The Balaban J connectivity index is 1.56. The van der Waals surface area contributed by atoms with E-state index in [1.807, 2.05) is 66.1 Å². The first-order valence-electron chi connectivity index (χ1n) is 12.4. The number of carbonyl (C=O) groups is 3. The van der Waals surface area contributed by atoms with Gasteiger partial charge in [0.05, 0.1) is 35.7 Å². The smallest absolute Gasteiger partial charge is 0.325 e. The Morgan fingerprint density at radius 1 is 0.974 bits per heavy atom. The van der Waals surface area contributed by atoms with Crippen molar-refractivity contribution in [1.29, 1.82) is 0 Å². The summed E-state index contributed by atoms with van der Waals surface area (Å²) in [5, 5.41) is 3.14. The standard InChI is InChI=1S/C28H31ClN4O5/c1-4-38-26(34)18-30-28(36)32-15-13-31(14-16-32)27(35)22-17-25(20-9-11-21(37-3)12-10-20)33(19(22)2)24-8-6-5-7-23(24)29/h5-12,17H,4,13-16,18H2,1-3H3,(H,30,36). The van der Waals surface area contributed by atoms with Crippen LogP contribution in [0.5, 0.6) is 5.75 Å². The van der Waals surface area contributed by atoms with Crippen LogP contribution in [0.2, 0.25) is 5.02 Å². The molecule has 0 bridgehead atoms. The van der Waals surface area contributed by atoms with Gasteiger partial charge < -0.3 is 29.2 Å². The van der Waals surface area contributed by atoms with Crippen LogP contribution in [0, 0.1) is 6.92 Å². The summed E-state index contributed by atoms with van der Waals surface area (Å²) in [5.74, 6) is 0.136. The highest BCUT2D eigenvalue weighted by molar-refractivity contribution is 6.32. The van der Waals surface area contributed by atoms with Crippen LogP contribution in [-0.4, -0.2) is 78.7 Å². The highest BCUT2D eigenvalue weighted by Crippen LogP contribution is 2.34. The van der Waals surface area contributed by atoms with Crippen molar-refractivity contribution in [2.24, 2.45) is 0 Å². The first kappa shape index (κ1) is 27.1. The quantitative estimate of drug-likeness (QED) is 0.456. The van der Waals surface area contributed by atoms with Crippen LogP contribution in [0.1, 0.15) is 23.0 Å². The van der Waals surface area contributed by atoms with Gasteiger partial charge in [-0.2, -0.15) is 0 Å². The van der Waals surface area contributed by atoms with Gasteiger partial charge in [0.15, 0.2) is 0 Å². The predicted octanol–water partition coefficient (Wildman–Crippen LogP) is 4.15. The summed E-state index contributed by atoms with van der Waals surface area (Å²) in [6.45, 7) is 5.15. The van der Waals surface area contributed by atoms with Gasteiger partial charge in [0.1, 0.15) is 12.3 Å². The van der Waals surface area contributed by atoms with Crippen LogP contribution in [0.25, 0.3) is 16.9 Å². The molecule has 10 heteroatoms. The SMILES string of the molecule is CCOC(=O)CNC(=O)N1CCN(C(=O)c2cc(-c3ccc(OC)cc3)n(-c3ccccc3Cl)c2C)CC1. The minimum absolute atomic E-state index is 0.116. The van der Waals surface area contributed by atoms with Gasteiger partial charge in [0, 0.05) is 31.9 Å². The molecule has 1 saturated heterocycles. The number of amides is 3. The Kier molecular flexibility index (Phi) is 8.58. The average Bonchev–Trinajstić information content (AvgIpc) is 3.28. The van der Waals surface area contributed by atoms with E-state index in [0.717, 1.165) is 28.4 Å². The van der Waals surface area contributed by atoms with Gasteiger partial charge in [-0.1, -0.05) is 23.7 Å². The number of methoxy groups -OCH3 is 1. The number of hydrogen-bond donors (Lipinski definition) is 1. The number of piperazine rings is 1. The van der Waals surface area contributed by atoms with Crippen LogP contribution >= 0.6 is 11.6 Å². The topological polar surface area (TPSA) is 93.1 Å². The van der Waals surface area contributed by atoms with Crippen LogP contribution in [0.15, 0.2) is 54.6 Å². The van der Waals surface area contributed by atoms with Gasteiger partial charge in [-0.15, -0.1) is 0 Å². The second-order valence-electron chi connectivity index (χ2n) is 8.79. The Bertz CT molecular complexity index is 1310. The molecule has 38 heavy (non-hydrogen) atoms. The van der Waals surface area contributed by atoms with Gasteiger partial charge in [-0.3, -0.25) is 9.59 Å². The monoisotopic (exact) mass is 538 g/mol. The van der Waals surface area contributed by atoms with Crippen molar-refractivity contribution >= 4 is 29.5 Å². The number of nitrogens with one attached hydrogen (secondary N) is 1. The molecule has 0 radical (unpaired) electrons. The van der Waals surface area contributed by atoms with Gasteiger partial charge in [0.2, 0.25) is 0 Å². The molecule has 2 heterocycles. The number of urea groups is 1. The number of carbonyl (C=O) groups excluding carboxylic acids is 3. The average molecular weight is 539 g/mol. The normalized spacial score (nSPS) is 13.3. The van der Waals surface area contributed by atoms with E-state index in [9.17, 15) is 14.4 Å². The minimum atomic E-state index is -0.485. The molecule has 1 aromatic heterocycles. The summed E-state index contributed by atoms with van der Waals surface area (Å²) in [6.07, 6.45) is 0. The first-order valence-corrected chi connectivity index (χ1v) is 12.8. The summed E-state index contributed by atoms with van der Waals surface area (Å²) < 4.78 is 12.1. The maximum Gasteiger partial charge on any atom is 0.325 e. The Labute approximate surface area is 226 Å². The molecule has 0 saturated carbocycles. The molecular weight excluding hydrogens is 508 g/mol. The molecule has 1 aliphatic rings. The number of ether oxygens (including phenoxy) is 2. The number of nitrogens with zero attached hydrogens (tertiary/aromatic N) is 3. The molecule has 0 unspecified atom stereocenters. The molecule has 0 spiro atoms. The van der Waals surface area contributed by atoms with Crippen molar-refractivity contribution in [3.05, 3.63) is 70.9 Å². The van der Waals surface area contributed by atoms with Crippen LogP contribution < -0.4 is 10.1 Å². The molecule has 1 fully saturated rings. The second kappa shape index (κ2) is 12.0. The largest absolute Gasteiger partial charge is 0.497 e. The van der Waals surface area contributed by atoms with Crippen LogP contribution in [0.3, 0.4) is 0 Å². The first-order chi connectivity index (χ1) is 18.3. The zero-order valence-corrected chi connectivity index (χ0v) is 22.5. The highest BCUT2D eigenvalue weighted by Gasteiger charge is 2.28. The van der Waals surface area contributed by atoms with Crippen molar-refractivity contribution in [1.82, 2.24) is 19.7 Å². The van der Waals surface area contributed by atoms with E-state index in [4.69, 9.17) is 21.1 Å². The third-order valence-electron chi connectivity index (χ3n) is 6.50. The minimum Gasteiger partial charge on any atom is -0.497 e. The molecule has 4 rings (SSSR count). The second-order valence-corrected chi connectivity index (χ2v) is 9.19. The Morgan fingerprint density at radius 2 is 1.63 bits per heavy atom. The van der Waals surface area contributed by atoms with Gasteiger partial charge >= 0.3 is 12.0 Å². The summed E-state index contributed by atoms with van der Waals surface area (Å²) >= 11 is 6.58. The lowest BCUT2D eigenvalue weighted by Crippen LogP contribution is -2.53. The fourth-order valence-corrected chi connectivity index (χ4v) is 4.72. The molecule has 0 aliphatic carbocycles. The van der Waals surface area contributed by atoms with E-state index < -0.39 is 5.97 Å². The van der Waals surface area contributed by atoms with Crippen LogP contribution in [0.4, 0.5) is 4.79 Å². The molecule has 9 nitrogen and oxygen atoms in total. The van der Waals surface area contributed by atoms with E-state index in [1.54, 1.807) is 23.8 Å². The molecule has 2 aromatic carbocycles. The number of para-hydroxylation sites is 1. The number of hydrogen-bond acceptors (Lipinski definition) is 5. The summed E-state index contributed by atoms with van der Waals surface area (Å²) in [5.41, 5.74) is 3.86. The fraction of sp³-hybridized carbons (Fsp3) is 0.321. The number of halogens is 1. The number of aromatic nitrogens is 1. The summed E-state index contributed by atoms with van der Waals surface area (Å²) in [4.78, 5) is 41.0. The third kappa shape index (κ3) is 5.78. The van der Waals surface area contributed by atoms with Gasteiger partial charge in [0.25, 0.3) is 5.91 Å². The molecule has 0 atom stereocenters. The van der Waals surface area contributed by atoms with Crippen molar-refractivity contribution < 1.29 is 23.9 Å². The zero-order chi connectivity index (χ0) is 27.2. The highest BCUT2D eigenvalue weighted by atomic mass is 35.5. The maximum atomic E-state index is 13.7. The molecule has 200 valence electrons. The summed E-state index contributed by atoms with van der Waals surface area (Å²) in [6, 6.07) is 16.7. The lowest BCUT2D eigenvalue weighted by molar-refractivity contribution is -0.141. The molecule has 3 aromatic rings. The van der Waals surface area contributed by atoms with Gasteiger partial charge in [-0.05, 0) is 61.9 Å². The predicted molar refractivity (Wildman–Crippen MR) is 145 cm³/mol. The van der Waals surface area contributed by atoms with E-state index in [2.05, 4.69) is 5.32 Å². The molecule has 1 aliphatic heterocycles. The number of esters is 1. The lowest BCUT2D eigenvalue weighted by atomic mass is 10.1. The fourth-order valence-electron chi connectivity index (χ4n) is 4.50. The van der Waals surface area contributed by atoms with Crippen molar-refractivity contribution in [3.63, 3.8) is 0 Å². The van der Waals surface area contributed by atoms with Gasteiger partial charge in [-0.25, -0.2) is 4.79 Å². The molecule has 3 amide bonds. The van der Waals surface area contributed by atoms with Crippen LogP contribution in [-0.2, 0) is 9.53 Å². The van der Waals surface area contributed by atoms with Crippen molar-refractivity contribution in [2.45, 2.75) is 13.8 Å². The third-order valence-corrected chi connectivity index (χ3v) is 6.82. The number of benzene rings is 2. The van der Waals surface area contributed by atoms with Crippen molar-refractivity contribution in [3.8, 4) is 22.7 Å². The Hall–Kier alpha value is -3.98. The molecule has 1 N–H and O–H groups in total. The van der Waals surface area contributed by atoms with E-state index >= 15 is 0 Å². The van der Waals surface area contributed by atoms with E-state index in [1.165, 1.54) is 0 Å². The van der Waals surface area contributed by atoms with E-state index in [0.29, 0.717) is 36.8 Å². The van der Waals surface area contributed by atoms with Crippen molar-refractivity contribution in [2.75, 3.05) is 46.4 Å². The zero-order valence-electron chi connectivity index (χ0n) is 21.7. The number of rotatable bonds is 7. The maximum absolute atomic E-state index is 13.7. The lowest BCUT2D eigenvalue weighted by Gasteiger charge is -2.34. The Morgan fingerprint density at radius 3 is 2.26 bits per heavy atom. The molecular formula is C28H31ClN4O5.